The van der Waals surface area contributed by atoms with Gasteiger partial charge >= 0.3 is 0 Å². The van der Waals surface area contributed by atoms with Crippen molar-refractivity contribution in [2.75, 3.05) is 0 Å². The van der Waals surface area contributed by atoms with E-state index >= 15 is 0 Å². The highest BCUT2D eigenvalue weighted by Crippen LogP contribution is 2.61. The van der Waals surface area contributed by atoms with Gasteiger partial charge in [-0.3, -0.25) is 0 Å². The van der Waals surface area contributed by atoms with E-state index in [9.17, 15) is 10.2 Å². The molecule has 0 unspecified atom stereocenters. The lowest BCUT2D eigenvalue weighted by molar-refractivity contribution is 0.0595. The lowest BCUT2D eigenvalue weighted by Gasteiger charge is -2.49. The lowest BCUT2D eigenvalue weighted by atomic mass is 9.56. The van der Waals surface area contributed by atoms with E-state index in [2.05, 4.69) is 19.9 Å². The van der Waals surface area contributed by atoms with Gasteiger partial charge in [0.1, 0.15) is 5.75 Å². The minimum Gasteiger partial charge on any atom is -0.508 e. The minimum absolute atomic E-state index is 0.0823. The van der Waals surface area contributed by atoms with Crippen molar-refractivity contribution in [3.05, 3.63) is 28.8 Å². The summed E-state index contributed by atoms with van der Waals surface area (Å²) < 4.78 is 0. The van der Waals surface area contributed by atoms with Crippen LogP contribution in [0.25, 0.3) is 0 Å². The lowest BCUT2D eigenvalue weighted by Crippen LogP contribution is -2.39. The van der Waals surface area contributed by atoms with Gasteiger partial charge < -0.3 is 10.2 Å². The van der Waals surface area contributed by atoms with Crippen LogP contribution in [0, 0.1) is 17.3 Å². The summed E-state index contributed by atoms with van der Waals surface area (Å²) in [6.45, 7) is 4.53. The number of aromatic hydroxyl groups is 1. The molecule has 22 heavy (non-hydrogen) atoms. The van der Waals surface area contributed by atoms with Gasteiger partial charge in [0.15, 0.2) is 0 Å². The summed E-state index contributed by atoms with van der Waals surface area (Å²) in [5.74, 6) is 2.56. The van der Waals surface area contributed by atoms with Crippen molar-refractivity contribution in [3.8, 4) is 5.75 Å². The molecule has 0 saturated heterocycles. The Morgan fingerprint density at radius 3 is 2.86 bits per heavy atom. The molecule has 0 amide bonds. The smallest absolute Gasteiger partial charge is 0.119 e. The maximum absolute atomic E-state index is 10.2. The first-order valence-corrected chi connectivity index (χ1v) is 9.04. The predicted octanol–water partition coefficient (Wildman–Crippen LogP) is 4.17. The monoisotopic (exact) mass is 300 g/mol. The van der Waals surface area contributed by atoms with E-state index in [4.69, 9.17) is 0 Å². The molecule has 2 nitrogen and oxygen atoms in total. The second-order valence-electron chi connectivity index (χ2n) is 8.24. The summed E-state index contributed by atoms with van der Waals surface area (Å²) >= 11 is 0. The van der Waals surface area contributed by atoms with Crippen molar-refractivity contribution in [1.29, 1.82) is 0 Å². The maximum Gasteiger partial charge on any atom is 0.119 e. The fraction of sp³-hybridized carbons (Fsp3) is 0.700. The molecule has 0 aliphatic heterocycles. The van der Waals surface area contributed by atoms with E-state index in [1.165, 1.54) is 30.4 Å². The molecule has 3 aliphatic rings. The standard InChI is InChI=1S/C20H28O2/c1-3-12-8-17-13(9-19(12)22)4-5-16-15(17)6-7-20(2)11-14(21)10-18(16)20/h8-9,14-16,18,21-22H,3-7,10-11H2,1-2H3/t14-,15-,16+,18-,20+/m0/s1. The number of aliphatic hydroxyl groups excluding tert-OH is 1. The first-order valence-electron chi connectivity index (χ1n) is 9.04. The zero-order valence-electron chi connectivity index (χ0n) is 13.8. The number of aliphatic hydroxyl groups is 1. The van der Waals surface area contributed by atoms with Gasteiger partial charge in [0.05, 0.1) is 6.10 Å². The molecule has 5 atom stereocenters. The highest BCUT2D eigenvalue weighted by molar-refractivity contribution is 5.45. The van der Waals surface area contributed by atoms with Gasteiger partial charge in [-0.05, 0) is 90.9 Å². The molecule has 2 N–H and O–H groups in total. The van der Waals surface area contributed by atoms with Crippen LogP contribution in [-0.4, -0.2) is 16.3 Å². The van der Waals surface area contributed by atoms with Crippen LogP contribution in [0.1, 0.15) is 68.6 Å². The quantitative estimate of drug-likeness (QED) is 0.817. The van der Waals surface area contributed by atoms with Crippen molar-refractivity contribution < 1.29 is 10.2 Å². The van der Waals surface area contributed by atoms with Gasteiger partial charge in [-0.15, -0.1) is 0 Å². The highest BCUT2D eigenvalue weighted by Gasteiger charge is 2.52. The number of aryl methyl sites for hydroxylation is 2. The van der Waals surface area contributed by atoms with E-state index in [-0.39, 0.29) is 6.10 Å². The molecule has 0 aromatic heterocycles. The molecule has 1 aromatic rings. The first-order chi connectivity index (χ1) is 10.5. The maximum atomic E-state index is 10.2. The third kappa shape index (κ3) is 2.03. The number of benzene rings is 1. The highest BCUT2D eigenvalue weighted by atomic mass is 16.3. The SMILES string of the molecule is CCc1cc2c(cc1O)CC[C@@H]1[C@@H]2CC[C@]2(C)C[C@@H](O)C[C@@H]12. The third-order valence-corrected chi connectivity index (χ3v) is 7.05. The van der Waals surface area contributed by atoms with Crippen LogP contribution in [-0.2, 0) is 12.8 Å². The molecule has 0 spiro atoms. The number of fused-ring (bicyclic) bond motifs is 5. The van der Waals surface area contributed by atoms with Gasteiger partial charge in [-0.2, -0.15) is 0 Å². The fourth-order valence-electron chi connectivity index (χ4n) is 5.96. The Morgan fingerprint density at radius 2 is 2.09 bits per heavy atom. The molecule has 4 rings (SSSR count). The molecular weight excluding hydrogens is 272 g/mol. The molecular formula is C20H28O2. The normalized spacial score (nSPS) is 40.0. The van der Waals surface area contributed by atoms with Crippen molar-refractivity contribution in [1.82, 2.24) is 0 Å². The van der Waals surface area contributed by atoms with E-state index in [0.29, 0.717) is 23.0 Å². The summed E-state index contributed by atoms with van der Waals surface area (Å²) in [6.07, 6.45) is 7.65. The molecule has 0 radical (unpaired) electrons. The Morgan fingerprint density at radius 1 is 1.27 bits per heavy atom. The summed E-state index contributed by atoms with van der Waals surface area (Å²) in [4.78, 5) is 0. The Kier molecular flexibility index (Phi) is 3.30. The summed E-state index contributed by atoms with van der Waals surface area (Å²) in [7, 11) is 0. The number of hydrogen-bond donors (Lipinski definition) is 2. The van der Waals surface area contributed by atoms with Crippen molar-refractivity contribution in [2.24, 2.45) is 17.3 Å². The van der Waals surface area contributed by atoms with Crippen LogP contribution in [0.15, 0.2) is 12.1 Å². The molecule has 2 fully saturated rings. The summed E-state index contributed by atoms with van der Waals surface area (Å²) in [5.41, 5.74) is 4.34. The second-order valence-corrected chi connectivity index (χ2v) is 8.24. The summed E-state index contributed by atoms with van der Waals surface area (Å²) in [6, 6.07) is 4.32. The average molecular weight is 300 g/mol. The van der Waals surface area contributed by atoms with E-state index in [1.807, 2.05) is 6.07 Å². The Balaban J connectivity index is 1.72. The van der Waals surface area contributed by atoms with Gasteiger partial charge in [0, 0.05) is 0 Å². The zero-order valence-corrected chi connectivity index (χ0v) is 13.8. The number of hydrogen-bond acceptors (Lipinski definition) is 2. The van der Waals surface area contributed by atoms with Crippen LogP contribution in [0.4, 0.5) is 0 Å². The fourth-order valence-corrected chi connectivity index (χ4v) is 5.96. The van der Waals surface area contributed by atoms with E-state index < -0.39 is 0 Å². The van der Waals surface area contributed by atoms with Crippen LogP contribution in [0.5, 0.6) is 5.75 Å². The Labute approximate surface area is 133 Å². The number of phenolic OH excluding ortho intramolecular Hbond substituents is 1. The molecule has 3 aliphatic carbocycles. The zero-order chi connectivity index (χ0) is 15.5. The average Bonchev–Trinajstić information content (AvgIpc) is 2.80. The van der Waals surface area contributed by atoms with Crippen molar-refractivity contribution in [3.63, 3.8) is 0 Å². The molecule has 0 heterocycles. The summed E-state index contributed by atoms with van der Waals surface area (Å²) in [5, 5.41) is 20.4. The molecule has 0 bridgehead atoms. The second kappa shape index (κ2) is 4.99. The van der Waals surface area contributed by atoms with Gasteiger partial charge in [0.25, 0.3) is 0 Å². The molecule has 2 saturated carbocycles. The molecule has 1 aromatic carbocycles. The van der Waals surface area contributed by atoms with Crippen molar-refractivity contribution >= 4 is 0 Å². The molecule has 120 valence electrons. The van der Waals surface area contributed by atoms with E-state index in [0.717, 1.165) is 37.2 Å². The third-order valence-electron chi connectivity index (χ3n) is 7.05. The number of phenols is 1. The Bertz CT molecular complexity index is 594. The predicted molar refractivity (Wildman–Crippen MR) is 88.1 cm³/mol. The topological polar surface area (TPSA) is 40.5 Å². The van der Waals surface area contributed by atoms with Gasteiger partial charge in [-0.25, -0.2) is 0 Å². The molecule has 2 heteroatoms. The Hall–Kier alpha value is -1.02. The van der Waals surface area contributed by atoms with Crippen LogP contribution >= 0.6 is 0 Å². The van der Waals surface area contributed by atoms with Crippen LogP contribution in [0.3, 0.4) is 0 Å². The largest absolute Gasteiger partial charge is 0.508 e. The van der Waals surface area contributed by atoms with E-state index in [1.54, 1.807) is 0 Å². The van der Waals surface area contributed by atoms with Gasteiger partial charge in [-0.1, -0.05) is 19.9 Å². The van der Waals surface area contributed by atoms with Gasteiger partial charge in [0.2, 0.25) is 0 Å². The number of rotatable bonds is 1. The minimum atomic E-state index is -0.0823. The first kappa shape index (κ1) is 14.6. The van der Waals surface area contributed by atoms with Crippen LogP contribution in [0.2, 0.25) is 0 Å². The van der Waals surface area contributed by atoms with Crippen LogP contribution < -0.4 is 0 Å². The van der Waals surface area contributed by atoms with Crippen molar-refractivity contribution in [2.45, 2.75) is 70.8 Å².